The van der Waals surface area contributed by atoms with Crippen molar-refractivity contribution < 1.29 is 59.9 Å². The van der Waals surface area contributed by atoms with Gasteiger partial charge in [-0.2, -0.15) is 0 Å². The van der Waals surface area contributed by atoms with E-state index in [-0.39, 0.29) is 6.42 Å². The van der Waals surface area contributed by atoms with Crippen molar-refractivity contribution in [2.45, 2.75) is 80.7 Å². The van der Waals surface area contributed by atoms with Crippen molar-refractivity contribution in [2.75, 3.05) is 13.2 Å². The molecule has 2 heterocycles. The Balaban J connectivity index is 2.16. The van der Waals surface area contributed by atoms with Crippen LogP contribution in [-0.4, -0.2) is 127 Å². The van der Waals surface area contributed by atoms with Crippen LogP contribution in [0.1, 0.15) is 13.3 Å². The highest BCUT2D eigenvalue weighted by Crippen LogP contribution is 2.30. The van der Waals surface area contributed by atoms with Gasteiger partial charge in [-0.05, 0) is 0 Å². The van der Waals surface area contributed by atoms with Crippen LogP contribution >= 0.6 is 0 Å². The van der Waals surface area contributed by atoms with Crippen LogP contribution < -0.4 is 0 Å². The van der Waals surface area contributed by atoms with Crippen molar-refractivity contribution in [3.05, 3.63) is 0 Å². The Morgan fingerprint density at radius 2 is 1.50 bits per heavy atom. The molecule has 12 heteroatoms. The molecular weight excluding hydrogens is 384 g/mol. The highest BCUT2D eigenvalue weighted by molar-refractivity contribution is 5.83. The zero-order chi connectivity index (χ0) is 21.2. The third kappa shape index (κ3) is 4.52. The first kappa shape index (κ1) is 23.5. The van der Waals surface area contributed by atoms with Gasteiger partial charge in [0.25, 0.3) is 0 Å². The molecule has 0 aromatic carbocycles. The van der Waals surface area contributed by atoms with Gasteiger partial charge in [0.2, 0.25) is 0 Å². The van der Waals surface area contributed by atoms with Crippen LogP contribution in [0.25, 0.3) is 0 Å². The molecule has 0 aromatic heterocycles. The number of carbonyl (C=O) groups is 1. The van der Waals surface area contributed by atoms with Crippen molar-refractivity contribution >= 4 is 5.78 Å². The molecule has 3 unspecified atom stereocenters. The molecule has 2 saturated heterocycles. The molecule has 2 rings (SSSR count). The van der Waals surface area contributed by atoms with Gasteiger partial charge in [-0.1, -0.05) is 6.92 Å². The molecule has 164 valence electrons. The van der Waals surface area contributed by atoms with Crippen molar-refractivity contribution in [1.29, 1.82) is 0 Å². The molecule has 0 aromatic rings. The molecule has 0 saturated carbocycles. The van der Waals surface area contributed by atoms with Crippen LogP contribution in [-0.2, 0) is 19.0 Å². The zero-order valence-electron chi connectivity index (χ0n) is 15.2. The second-order valence-corrected chi connectivity index (χ2v) is 6.87. The maximum atomic E-state index is 11.7. The minimum atomic E-state index is -1.77. The van der Waals surface area contributed by atoms with E-state index in [1.807, 2.05) is 0 Å². The maximum Gasteiger partial charge on any atom is 0.187 e. The van der Waals surface area contributed by atoms with E-state index in [1.165, 1.54) is 6.92 Å². The number of hydrogen-bond donors (Lipinski definition) is 8. The standard InChI is InChI=1S/C16H28O12/c1-2-5(19)8(20)15-12(24)11(23)14(7(4-18)26-15)28-16-13(25)10(22)9(21)6(3-17)27-16/h6-18,20-25H,2-4H2,1H3/t6-,7-,8?,9+,10+,11-,12-,13-,14-,15?,16?/m1/s1. The Morgan fingerprint density at radius 3 is 2.04 bits per heavy atom. The van der Waals surface area contributed by atoms with Crippen LogP contribution in [0.5, 0.6) is 0 Å². The Labute approximate surface area is 160 Å². The Morgan fingerprint density at radius 1 is 0.893 bits per heavy atom. The number of rotatable bonds is 7. The molecule has 0 aliphatic carbocycles. The van der Waals surface area contributed by atoms with E-state index in [9.17, 15) is 45.6 Å². The molecule has 28 heavy (non-hydrogen) atoms. The van der Waals surface area contributed by atoms with E-state index in [0.717, 1.165) is 0 Å². The van der Waals surface area contributed by atoms with E-state index in [4.69, 9.17) is 14.2 Å². The fourth-order valence-corrected chi connectivity index (χ4v) is 3.27. The van der Waals surface area contributed by atoms with Gasteiger partial charge >= 0.3 is 0 Å². The first-order chi connectivity index (χ1) is 13.2. The van der Waals surface area contributed by atoms with Crippen LogP contribution in [0.3, 0.4) is 0 Å². The molecule has 0 spiro atoms. The van der Waals surface area contributed by atoms with E-state index in [2.05, 4.69) is 0 Å². The lowest BCUT2D eigenvalue weighted by Crippen LogP contribution is -2.66. The van der Waals surface area contributed by atoms with E-state index < -0.39 is 86.3 Å². The van der Waals surface area contributed by atoms with Crippen LogP contribution in [0.4, 0.5) is 0 Å². The molecule has 0 radical (unpaired) electrons. The molecule has 2 aliphatic rings. The van der Waals surface area contributed by atoms with Gasteiger partial charge in [0.15, 0.2) is 12.1 Å². The highest BCUT2D eigenvalue weighted by atomic mass is 16.7. The summed E-state index contributed by atoms with van der Waals surface area (Å²) in [4.78, 5) is 11.7. The number of aliphatic hydroxyl groups is 8. The van der Waals surface area contributed by atoms with Gasteiger partial charge in [0.05, 0.1) is 13.2 Å². The second kappa shape index (κ2) is 9.82. The molecule has 0 bridgehead atoms. The minimum absolute atomic E-state index is 0.0432. The fourth-order valence-electron chi connectivity index (χ4n) is 3.27. The maximum absolute atomic E-state index is 11.7. The highest BCUT2D eigenvalue weighted by Gasteiger charge is 2.52. The fraction of sp³-hybridized carbons (Fsp3) is 0.938. The molecule has 12 nitrogen and oxygen atoms in total. The molecule has 2 fully saturated rings. The summed E-state index contributed by atoms with van der Waals surface area (Å²) in [6, 6.07) is 0. The summed E-state index contributed by atoms with van der Waals surface area (Å²) in [5.41, 5.74) is 0. The number of Topliss-reactive ketones (excluding diaryl/α,β-unsaturated/α-hetero) is 1. The van der Waals surface area contributed by atoms with Crippen molar-refractivity contribution in [3.8, 4) is 0 Å². The Bertz CT molecular complexity index is 514. The number of hydrogen-bond acceptors (Lipinski definition) is 12. The third-order valence-corrected chi connectivity index (χ3v) is 5.03. The monoisotopic (exact) mass is 412 g/mol. The van der Waals surface area contributed by atoms with Gasteiger partial charge in [-0.25, -0.2) is 0 Å². The average molecular weight is 412 g/mol. The number of ether oxygens (including phenoxy) is 3. The Hall–Kier alpha value is -0.770. The summed E-state index contributed by atoms with van der Waals surface area (Å²) in [6.45, 7) is 0.0507. The summed E-state index contributed by atoms with van der Waals surface area (Å²) < 4.78 is 15.9. The van der Waals surface area contributed by atoms with Gasteiger partial charge in [-0.15, -0.1) is 0 Å². The first-order valence-electron chi connectivity index (χ1n) is 8.97. The van der Waals surface area contributed by atoms with Gasteiger partial charge < -0.3 is 55.1 Å². The summed E-state index contributed by atoms with van der Waals surface area (Å²) >= 11 is 0. The SMILES string of the molecule is CCC(=O)C(O)C1O[C@H](CO)[C@@H](OC2O[C@H](CO)[C@H](O)[C@H](O)[C@H]2O)[C@H](O)[C@H]1O. The lowest BCUT2D eigenvalue weighted by atomic mass is 9.90. The summed E-state index contributed by atoms with van der Waals surface area (Å²) in [6.07, 6.45) is -17.7. The van der Waals surface area contributed by atoms with E-state index >= 15 is 0 Å². The number of ketones is 1. The molecule has 11 atom stereocenters. The van der Waals surface area contributed by atoms with Gasteiger partial charge in [0.1, 0.15) is 61.0 Å². The molecule has 0 amide bonds. The van der Waals surface area contributed by atoms with Crippen molar-refractivity contribution in [1.82, 2.24) is 0 Å². The second-order valence-electron chi connectivity index (χ2n) is 6.87. The van der Waals surface area contributed by atoms with Crippen molar-refractivity contribution in [2.24, 2.45) is 0 Å². The minimum Gasteiger partial charge on any atom is -0.394 e. The smallest absolute Gasteiger partial charge is 0.187 e. The predicted molar refractivity (Wildman–Crippen MR) is 87.7 cm³/mol. The van der Waals surface area contributed by atoms with Crippen molar-refractivity contribution in [3.63, 3.8) is 0 Å². The normalized spacial score (nSPS) is 45.6. The van der Waals surface area contributed by atoms with Crippen LogP contribution in [0.15, 0.2) is 0 Å². The van der Waals surface area contributed by atoms with Gasteiger partial charge in [-0.3, -0.25) is 4.79 Å². The number of aliphatic hydroxyl groups excluding tert-OH is 8. The summed E-state index contributed by atoms with van der Waals surface area (Å²) in [5.74, 6) is -0.638. The summed E-state index contributed by atoms with van der Waals surface area (Å²) in [5, 5.41) is 79.0. The largest absolute Gasteiger partial charge is 0.394 e. The summed E-state index contributed by atoms with van der Waals surface area (Å²) in [7, 11) is 0. The van der Waals surface area contributed by atoms with Crippen LogP contribution in [0, 0.1) is 0 Å². The van der Waals surface area contributed by atoms with E-state index in [1.54, 1.807) is 0 Å². The number of carbonyl (C=O) groups excluding carboxylic acids is 1. The topological polar surface area (TPSA) is 207 Å². The lowest BCUT2D eigenvalue weighted by Gasteiger charge is -2.46. The predicted octanol–water partition coefficient (Wildman–Crippen LogP) is -5.01. The molecule has 2 aliphatic heterocycles. The van der Waals surface area contributed by atoms with Crippen LogP contribution in [0.2, 0.25) is 0 Å². The zero-order valence-corrected chi connectivity index (χ0v) is 15.2. The van der Waals surface area contributed by atoms with E-state index in [0.29, 0.717) is 0 Å². The first-order valence-corrected chi connectivity index (χ1v) is 8.97. The average Bonchev–Trinajstić information content (AvgIpc) is 2.70. The third-order valence-electron chi connectivity index (χ3n) is 5.03. The Kier molecular flexibility index (Phi) is 8.25. The molecule has 8 N–H and O–H groups in total. The lowest BCUT2D eigenvalue weighted by molar-refractivity contribution is -0.344. The molecular formula is C16H28O12. The van der Waals surface area contributed by atoms with Gasteiger partial charge in [0, 0.05) is 6.42 Å². The quantitative estimate of drug-likeness (QED) is 0.198.